The number of hydrogen-bond donors (Lipinski definition) is 3. The molecule has 0 aromatic heterocycles. The number of amides is 4. The Kier molecular flexibility index (Phi) is 8.68. The zero-order chi connectivity index (χ0) is 26.2. The second-order valence-corrected chi connectivity index (χ2v) is 7.94. The number of carbonyl (C=O) groups is 5. The largest absolute Gasteiger partial charge is 0.497 e. The Morgan fingerprint density at radius 2 is 1.67 bits per heavy atom. The minimum atomic E-state index is -0.900. The maximum absolute atomic E-state index is 12.6. The van der Waals surface area contributed by atoms with E-state index in [1.165, 1.54) is 38.5 Å². The molecule has 0 bridgehead atoms. The van der Waals surface area contributed by atoms with Crippen LogP contribution in [-0.4, -0.2) is 62.0 Å². The van der Waals surface area contributed by atoms with E-state index < -0.39 is 42.1 Å². The smallest absolute Gasteiger partial charge is 0.311 e. The molecule has 0 radical (unpaired) electrons. The summed E-state index contributed by atoms with van der Waals surface area (Å²) >= 11 is 5.92. The monoisotopic (exact) mass is 518 g/mol. The van der Waals surface area contributed by atoms with Gasteiger partial charge in [0.25, 0.3) is 17.7 Å². The minimum absolute atomic E-state index is 0.143. The van der Waals surface area contributed by atoms with Gasteiger partial charge in [0.05, 0.1) is 37.3 Å². The van der Waals surface area contributed by atoms with Crippen molar-refractivity contribution in [3.63, 3.8) is 0 Å². The van der Waals surface area contributed by atoms with E-state index in [0.29, 0.717) is 11.5 Å². The summed E-state index contributed by atoms with van der Waals surface area (Å²) < 4.78 is 15.2. The number of benzene rings is 2. The number of ether oxygens (including phenoxy) is 3. The SMILES string of the molecule is COc1cc(OC)cc(C(=O)NN2C[C@@H](C(=O)OCC(=O)NNC(=O)c3ccccc3Cl)CC2=O)c1. The van der Waals surface area contributed by atoms with Crippen LogP contribution in [0.25, 0.3) is 0 Å². The second-order valence-electron chi connectivity index (χ2n) is 7.54. The van der Waals surface area contributed by atoms with Gasteiger partial charge < -0.3 is 14.2 Å². The predicted octanol–water partition coefficient (Wildman–Crippen LogP) is 0.855. The Morgan fingerprint density at radius 3 is 2.31 bits per heavy atom. The second kappa shape index (κ2) is 11.9. The molecule has 12 nitrogen and oxygen atoms in total. The van der Waals surface area contributed by atoms with Gasteiger partial charge >= 0.3 is 5.97 Å². The Morgan fingerprint density at radius 1 is 1.00 bits per heavy atom. The summed E-state index contributed by atoms with van der Waals surface area (Å²) in [5, 5.41) is 1.20. The number of halogens is 1. The molecule has 2 aromatic rings. The van der Waals surface area contributed by atoms with Gasteiger partial charge in [0, 0.05) is 18.1 Å². The van der Waals surface area contributed by atoms with Crippen molar-refractivity contribution in [2.75, 3.05) is 27.4 Å². The summed E-state index contributed by atoms with van der Waals surface area (Å²) in [6.45, 7) is -0.836. The van der Waals surface area contributed by atoms with Crippen molar-refractivity contribution in [2.45, 2.75) is 6.42 Å². The number of methoxy groups -OCH3 is 2. The van der Waals surface area contributed by atoms with Crippen LogP contribution in [0.1, 0.15) is 27.1 Å². The summed E-state index contributed by atoms with van der Waals surface area (Å²) in [6, 6.07) is 10.8. The summed E-state index contributed by atoms with van der Waals surface area (Å²) in [4.78, 5) is 61.2. The van der Waals surface area contributed by atoms with Crippen LogP contribution in [0.5, 0.6) is 11.5 Å². The van der Waals surface area contributed by atoms with Gasteiger partial charge in [-0.25, -0.2) is 0 Å². The van der Waals surface area contributed by atoms with E-state index >= 15 is 0 Å². The van der Waals surface area contributed by atoms with Crippen molar-refractivity contribution < 1.29 is 38.2 Å². The normalized spacial score (nSPS) is 14.6. The van der Waals surface area contributed by atoms with Gasteiger partial charge in [0.2, 0.25) is 5.91 Å². The van der Waals surface area contributed by atoms with E-state index in [2.05, 4.69) is 16.3 Å². The molecule has 0 unspecified atom stereocenters. The van der Waals surface area contributed by atoms with Gasteiger partial charge in [-0.15, -0.1) is 0 Å². The molecule has 190 valence electrons. The van der Waals surface area contributed by atoms with Gasteiger partial charge in [0.1, 0.15) is 11.5 Å². The zero-order valence-corrected chi connectivity index (χ0v) is 20.1. The first-order valence-corrected chi connectivity index (χ1v) is 10.9. The summed E-state index contributed by atoms with van der Waals surface area (Å²) in [6.07, 6.45) is -0.217. The molecule has 1 aliphatic rings. The molecule has 1 saturated heterocycles. The molecule has 3 N–H and O–H groups in total. The molecule has 0 saturated carbocycles. The number of nitrogens with one attached hydrogen (secondary N) is 3. The molecule has 36 heavy (non-hydrogen) atoms. The molecule has 1 fully saturated rings. The molecule has 1 aliphatic heterocycles. The lowest BCUT2D eigenvalue weighted by Crippen LogP contribution is -2.44. The van der Waals surface area contributed by atoms with Gasteiger partial charge in [0.15, 0.2) is 6.61 Å². The van der Waals surface area contributed by atoms with Gasteiger partial charge in [-0.1, -0.05) is 23.7 Å². The van der Waals surface area contributed by atoms with Crippen LogP contribution in [0.2, 0.25) is 5.02 Å². The summed E-state index contributed by atoms with van der Waals surface area (Å²) in [7, 11) is 2.87. The van der Waals surface area contributed by atoms with E-state index in [1.807, 2.05) is 0 Å². The average Bonchev–Trinajstić information content (AvgIpc) is 3.25. The van der Waals surface area contributed by atoms with Crippen LogP contribution in [0, 0.1) is 5.92 Å². The molecule has 2 aromatic carbocycles. The molecular weight excluding hydrogens is 496 g/mol. The first-order chi connectivity index (χ1) is 17.2. The van der Waals surface area contributed by atoms with Crippen molar-refractivity contribution in [3.05, 3.63) is 58.6 Å². The van der Waals surface area contributed by atoms with E-state index in [9.17, 15) is 24.0 Å². The van der Waals surface area contributed by atoms with Crippen LogP contribution >= 0.6 is 11.6 Å². The van der Waals surface area contributed by atoms with Crippen LogP contribution < -0.4 is 25.8 Å². The third-order valence-corrected chi connectivity index (χ3v) is 5.42. The van der Waals surface area contributed by atoms with Gasteiger partial charge in [-0.05, 0) is 24.3 Å². The van der Waals surface area contributed by atoms with Crippen LogP contribution in [0.4, 0.5) is 0 Å². The van der Waals surface area contributed by atoms with Crippen LogP contribution in [0.15, 0.2) is 42.5 Å². The number of rotatable bonds is 8. The number of carbonyl (C=O) groups excluding carboxylic acids is 5. The lowest BCUT2D eigenvalue weighted by atomic mass is 10.1. The van der Waals surface area contributed by atoms with E-state index in [-0.39, 0.29) is 29.1 Å². The fraction of sp³-hybridized carbons (Fsp3) is 0.261. The highest BCUT2D eigenvalue weighted by Crippen LogP contribution is 2.23. The first-order valence-electron chi connectivity index (χ1n) is 10.6. The van der Waals surface area contributed by atoms with Crippen molar-refractivity contribution >= 4 is 41.2 Å². The molecule has 1 heterocycles. The molecule has 0 spiro atoms. The van der Waals surface area contributed by atoms with E-state index in [1.54, 1.807) is 18.2 Å². The van der Waals surface area contributed by atoms with Crippen LogP contribution in [0.3, 0.4) is 0 Å². The van der Waals surface area contributed by atoms with E-state index in [4.69, 9.17) is 25.8 Å². The van der Waals surface area contributed by atoms with Crippen molar-refractivity contribution in [1.82, 2.24) is 21.3 Å². The number of esters is 1. The molecular formula is C23H23ClN4O8. The lowest BCUT2D eigenvalue weighted by Gasteiger charge is -2.18. The fourth-order valence-corrected chi connectivity index (χ4v) is 3.45. The first kappa shape index (κ1) is 26.3. The van der Waals surface area contributed by atoms with Gasteiger partial charge in [-0.3, -0.25) is 45.3 Å². The number of hydrazine groups is 2. The Bertz CT molecular complexity index is 1170. The maximum Gasteiger partial charge on any atom is 0.311 e. The quantitative estimate of drug-likeness (QED) is 0.343. The third-order valence-electron chi connectivity index (χ3n) is 5.09. The standard InChI is InChI=1S/C23H23ClN4O8/c1-34-15-7-13(8-16(10-15)35-2)21(31)27-28-11-14(9-20(28)30)23(33)36-12-19(29)25-26-22(32)17-5-3-4-6-18(17)24/h3-8,10,14H,9,11-12H2,1-2H3,(H,25,29)(H,26,32)(H,27,31)/t14-/m0/s1. The molecule has 1 atom stereocenters. The lowest BCUT2D eigenvalue weighted by molar-refractivity contribution is -0.152. The molecule has 13 heteroatoms. The number of hydrogen-bond acceptors (Lipinski definition) is 8. The highest BCUT2D eigenvalue weighted by atomic mass is 35.5. The average molecular weight is 519 g/mol. The maximum atomic E-state index is 12.6. The fourth-order valence-electron chi connectivity index (χ4n) is 3.23. The minimum Gasteiger partial charge on any atom is -0.497 e. The van der Waals surface area contributed by atoms with Crippen molar-refractivity contribution in [3.8, 4) is 11.5 Å². The Balaban J connectivity index is 1.47. The van der Waals surface area contributed by atoms with E-state index in [0.717, 1.165) is 5.01 Å². The summed E-state index contributed by atoms with van der Waals surface area (Å²) in [5.41, 5.74) is 7.03. The molecule has 3 rings (SSSR count). The summed E-state index contributed by atoms with van der Waals surface area (Å²) in [5.74, 6) is -3.50. The van der Waals surface area contributed by atoms with Crippen LogP contribution in [-0.2, 0) is 19.1 Å². The number of nitrogens with zero attached hydrogens (tertiary/aromatic N) is 1. The third kappa shape index (κ3) is 6.63. The predicted molar refractivity (Wildman–Crippen MR) is 125 cm³/mol. The van der Waals surface area contributed by atoms with Crippen molar-refractivity contribution in [1.29, 1.82) is 0 Å². The Hall–Kier alpha value is -4.32. The van der Waals surface area contributed by atoms with Crippen molar-refractivity contribution in [2.24, 2.45) is 5.92 Å². The van der Waals surface area contributed by atoms with Gasteiger partial charge in [-0.2, -0.15) is 0 Å². The highest BCUT2D eigenvalue weighted by molar-refractivity contribution is 6.33. The zero-order valence-electron chi connectivity index (χ0n) is 19.3. The topological polar surface area (TPSA) is 152 Å². The highest BCUT2D eigenvalue weighted by Gasteiger charge is 2.37. The Labute approximate surface area is 210 Å². The molecule has 4 amide bonds. The molecule has 0 aliphatic carbocycles.